The normalized spacial score (nSPS) is 12.0. The molecule has 1 N–H and O–H groups in total. The van der Waals surface area contributed by atoms with Crippen LogP contribution in [0.25, 0.3) is 45.4 Å². The maximum absolute atomic E-state index is 13.7. The van der Waals surface area contributed by atoms with Crippen molar-refractivity contribution in [2.24, 2.45) is 4.99 Å². The Labute approximate surface area is 246 Å². The molecular formula is C31H27F2N5O4S. The van der Waals surface area contributed by atoms with E-state index in [1.165, 1.54) is 56.6 Å². The van der Waals surface area contributed by atoms with Crippen molar-refractivity contribution >= 4 is 51.2 Å². The standard InChI is InChI=1S/C31H27F2N5O4S/c1-18-36-16-27(19-6-10-21(32)11-7-19)38(18)17-25(34-2)23-14-24-28(15-26(23)37(4)43(5,40)41)42-30(29(24)31(39)35-3)20-8-12-22(33)13-9-20/h6-17H,2H2,1,3-5H3,(H,35,39). The molecule has 0 spiro atoms. The molecule has 43 heavy (non-hydrogen) atoms. The summed E-state index contributed by atoms with van der Waals surface area (Å²) in [5, 5.41) is 2.98. The molecule has 0 saturated heterocycles. The summed E-state index contributed by atoms with van der Waals surface area (Å²) >= 11 is 0. The van der Waals surface area contributed by atoms with Gasteiger partial charge >= 0.3 is 0 Å². The molecule has 0 saturated carbocycles. The fourth-order valence-corrected chi connectivity index (χ4v) is 5.21. The Kier molecular flexibility index (Phi) is 7.72. The summed E-state index contributed by atoms with van der Waals surface area (Å²) in [6, 6.07) is 14.5. The number of carbonyl (C=O) groups is 1. The first-order valence-electron chi connectivity index (χ1n) is 12.9. The summed E-state index contributed by atoms with van der Waals surface area (Å²) in [4.78, 5) is 21.8. The number of furan rings is 1. The molecule has 2 heterocycles. The molecule has 2 aromatic heterocycles. The fraction of sp³-hybridized carbons (Fsp3) is 0.129. The Morgan fingerprint density at radius 2 is 1.67 bits per heavy atom. The van der Waals surface area contributed by atoms with E-state index < -0.39 is 21.7 Å². The predicted octanol–water partition coefficient (Wildman–Crippen LogP) is 5.96. The maximum atomic E-state index is 13.7. The number of carbonyl (C=O) groups excluding carboxylic acids is 1. The molecule has 0 radical (unpaired) electrons. The number of sulfonamides is 1. The van der Waals surface area contributed by atoms with Crippen LogP contribution in [0.15, 0.2) is 76.3 Å². The second-order valence-electron chi connectivity index (χ2n) is 9.73. The van der Waals surface area contributed by atoms with Gasteiger partial charge in [-0.3, -0.25) is 14.1 Å². The van der Waals surface area contributed by atoms with Gasteiger partial charge in [0.1, 0.15) is 28.8 Å². The Bertz CT molecular complexity index is 2010. The van der Waals surface area contributed by atoms with Crippen LogP contribution in [0, 0.1) is 18.6 Å². The van der Waals surface area contributed by atoms with Crippen molar-refractivity contribution in [1.29, 1.82) is 0 Å². The predicted molar refractivity (Wildman–Crippen MR) is 164 cm³/mol. The molecule has 3 aromatic carbocycles. The van der Waals surface area contributed by atoms with Crippen LogP contribution in [-0.4, -0.2) is 50.9 Å². The summed E-state index contributed by atoms with van der Waals surface area (Å²) in [6.07, 6.45) is 4.32. The molecule has 12 heteroatoms. The number of nitrogens with zero attached hydrogens (tertiary/aromatic N) is 4. The van der Waals surface area contributed by atoms with Gasteiger partial charge in [0.15, 0.2) is 0 Å². The van der Waals surface area contributed by atoms with E-state index in [0.29, 0.717) is 33.6 Å². The van der Waals surface area contributed by atoms with Gasteiger partial charge in [-0.1, -0.05) is 0 Å². The number of hydrogen-bond donors (Lipinski definition) is 1. The number of amides is 1. The lowest BCUT2D eigenvalue weighted by Crippen LogP contribution is -2.25. The molecule has 0 atom stereocenters. The number of nitrogens with one attached hydrogen (secondary N) is 1. The second-order valence-corrected chi connectivity index (χ2v) is 11.7. The van der Waals surface area contributed by atoms with Crippen LogP contribution in [0.3, 0.4) is 0 Å². The van der Waals surface area contributed by atoms with Gasteiger partial charge in [0.05, 0.1) is 35.1 Å². The van der Waals surface area contributed by atoms with Crippen LogP contribution in [0.2, 0.25) is 0 Å². The largest absolute Gasteiger partial charge is 0.455 e. The second kappa shape index (κ2) is 11.3. The van der Waals surface area contributed by atoms with Crippen LogP contribution in [0.1, 0.15) is 21.7 Å². The van der Waals surface area contributed by atoms with Gasteiger partial charge in [-0.05, 0) is 68.2 Å². The first-order valence-corrected chi connectivity index (χ1v) is 14.8. The first kappa shape index (κ1) is 29.4. The van der Waals surface area contributed by atoms with Crippen molar-refractivity contribution in [2.75, 3.05) is 24.7 Å². The van der Waals surface area contributed by atoms with Gasteiger partial charge < -0.3 is 14.3 Å². The topological polar surface area (TPSA) is 110 Å². The lowest BCUT2D eigenvalue weighted by Gasteiger charge is -2.21. The van der Waals surface area contributed by atoms with E-state index in [1.54, 1.807) is 42.1 Å². The number of benzene rings is 3. The molecular weight excluding hydrogens is 576 g/mol. The fourth-order valence-electron chi connectivity index (χ4n) is 4.70. The Morgan fingerprint density at radius 3 is 2.23 bits per heavy atom. The minimum absolute atomic E-state index is 0.174. The van der Waals surface area contributed by atoms with Gasteiger partial charge in [-0.2, -0.15) is 0 Å². The molecule has 0 bridgehead atoms. The van der Waals surface area contributed by atoms with Crippen LogP contribution in [0.4, 0.5) is 14.5 Å². The molecule has 0 aliphatic rings. The van der Waals surface area contributed by atoms with Crippen LogP contribution in [0.5, 0.6) is 0 Å². The maximum Gasteiger partial charge on any atom is 0.255 e. The minimum atomic E-state index is -3.77. The van der Waals surface area contributed by atoms with E-state index in [4.69, 9.17) is 4.42 Å². The summed E-state index contributed by atoms with van der Waals surface area (Å²) in [6.45, 7) is 5.50. The molecule has 0 unspecified atom stereocenters. The monoisotopic (exact) mass is 603 g/mol. The van der Waals surface area contributed by atoms with Crippen LogP contribution in [-0.2, 0) is 10.0 Å². The lowest BCUT2D eigenvalue weighted by molar-refractivity contribution is 0.0964. The third-order valence-electron chi connectivity index (χ3n) is 7.02. The SMILES string of the molecule is C=NC(=Cn1c(-c2ccc(F)cc2)cnc1C)c1cc2c(C(=O)NC)c(-c3ccc(F)cc3)oc2cc1N(C)S(C)(=O)=O. The summed E-state index contributed by atoms with van der Waals surface area (Å²) < 4.78 is 61.7. The number of imidazole rings is 1. The molecule has 5 rings (SSSR count). The Hall–Kier alpha value is -5.10. The van der Waals surface area contributed by atoms with Crippen LogP contribution >= 0.6 is 0 Å². The number of aryl methyl sites for hydroxylation is 1. The average Bonchev–Trinajstić information content (AvgIpc) is 3.54. The van der Waals surface area contributed by atoms with Gasteiger partial charge in [-0.15, -0.1) is 0 Å². The van der Waals surface area contributed by atoms with Gasteiger partial charge in [0.2, 0.25) is 10.0 Å². The minimum Gasteiger partial charge on any atom is -0.455 e. The molecule has 0 fully saturated rings. The first-order chi connectivity index (χ1) is 20.4. The van der Waals surface area contributed by atoms with Crippen molar-refractivity contribution in [2.45, 2.75) is 6.92 Å². The highest BCUT2D eigenvalue weighted by atomic mass is 32.2. The van der Waals surface area contributed by atoms with E-state index in [0.717, 1.165) is 10.6 Å². The Balaban J connectivity index is 1.81. The zero-order chi connectivity index (χ0) is 31.1. The smallest absolute Gasteiger partial charge is 0.255 e. The van der Waals surface area contributed by atoms with Crippen molar-refractivity contribution in [3.05, 3.63) is 95.4 Å². The van der Waals surface area contributed by atoms with E-state index in [1.807, 2.05) is 0 Å². The molecule has 220 valence electrons. The molecule has 0 aliphatic carbocycles. The highest BCUT2D eigenvalue weighted by molar-refractivity contribution is 7.92. The van der Waals surface area contributed by atoms with Gasteiger partial charge in [0.25, 0.3) is 5.91 Å². The highest BCUT2D eigenvalue weighted by Crippen LogP contribution is 2.40. The number of aliphatic imine (C=N–C) groups is 1. The summed E-state index contributed by atoms with van der Waals surface area (Å²) in [7, 11) is -0.913. The summed E-state index contributed by atoms with van der Waals surface area (Å²) in [5.41, 5.74) is 2.95. The number of rotatable bonds is 8. The molecule has 0 aliphatic heterocycles. The average molecular weight is 604 g/mol. The molecule has 1 amide bonds. The number of hydrogen-bond acceptors (Lipinski definition) is 6. The third-order valence-corrected chi connectivity index (χ3v) is 8.21. The summed E-state index contributed by atoms with van der Waals surface area (Å²) in [5.74, 6) is -0.547. The van der Waals surface area contributed by atoms with Crippen LogP contribution < -0.4 is 9.62 Å². The number of anilines is 1. The van der Waals surface area contributed by atoms with Crippen molar-refractivity contribution < 1.29 is 26.4 Å². The van der Waals surface area contributed by atoms with E-state index >= 15 is 0 Å². The molecule has 9 nitrogen and oxygen atoms in total. The zero-order valence-corrected chi connectivity index (χ0v) is 24.5. The van der Waals surface area contributed by atoms with E-state index in [9.17, 15) is 22.0 Å². The zero-order valence-electron chi connectivity index (χ0n) is 23.7. The quantitative estimate of drug-likeness (QED) is 0.220. The number of fused-ring (bicyclic) bond motifs is 1. The molecule has 5 aromatic rings. The van der Waals surface area contributed by atoms with Crippen molar-refractivity contribution in [3.63, 3.8) is 0 Å². The Morgan fingerprint density at radius 1 is 1.07 bits per heavy atom. The van der Waals surface area contributed by atoms with E-state index in [-0.39, 0.29) is 34.1 Å². The van der Waals surface area contributed by atoms with Crippen molar-refractivity contribution in [1.82, 2.24) is 14.9 Å². The third kappa shape index (κ3) is 5.56. The van der Waals surface area contributed by atoms with Crippen molar-refractivity contribution in [3.8, 4) is 22.6 Å². The number of aromatic nitrogens is 2. The number of halogens is 2. The lowest BCUT2D eigenvalue weighted by atomic mass is 10.0. The van der Waals surface area contributed by atoms with Gasteiger partial charge in [0, 0.05) is 48.4 Å². The van der Waals surface area contributed by atoms with E-state index in [2.05, 4.69) is 22.0 Å². The highest BCUT2D eigenvalue weighted by Gasteiger charge is 2.26. The van der Waals surface area contributed by atoms with Gasteiger partial charge in [-0.25, -0.2) is 22.2 Å².